The molecule has 2 aromatic heterocycles. The molecule has 0 unspecified atom stereocenters. The van der Waals surface area contributed by atoms with Gasteiger partial charge in [0.05, 0.1) is 6.26 Å². The molecule has 0 aliphatic heterocycles. The SMILES string of the molecule is Nc1cccc(NCCc2ccco2)n1. The highest BCUT2D eigenvalue weighted by molar-refractivity contribution is 5.42. The molecule has 4 heteroatoms. The van der Waals surface area contributed by atoms with Crippen molar-refractivity contribution in [1.82, 2.24) is 4.98 Å². The second-order valence-electron chi connectivity index (χ2n) is 3.20. The van der Waals surface area contributed by atoms with Gasteiger partial charge in [-0.1, -0.05) is 6.07 Å². The number of aromatic nitrogens is 1. The van der Waals surface area contributed by atoms with Crippen LogP contribution in [0.15, 0.2) is 41.0 Å². The zero-order chi connectivity index (χ0) is 10.5. The van der Waals surface area contributed by atoms with E-state index in [2.05, 4.69) is 10.3 Å². The van der Waals surface area contributed by atoms with Gasteiger partial charge in [0.15, 0.2) is 0 Å². The average Bonchev–Trinajstić information content (AvgIpc) is 2.71. The summed E-state index contributed by atoms with van der Waals surface area (Å²) < 4.78 is 5.21. The van der Waals surface area contributed by atoms with Crippen LogP contribution in [-0.4, -0.2) is 11.5 Å². The molecule has 15 heavy (non-hydrogen) atoms. The second kappa shape index (κ2) is 4.50. The Labute approximate surface area is 88.1 Å². The number of nitrogen functional groups attached to an aromatic ring is 1. The third-order valence-electron chi connectivity index (χ3n) is 2.03. The van der Waals surface area contributed by atoms with Crippen molar-refractivity contribution in [3.63, 3.8) is 0 Å². The lowest BCUT2D eigenvalue weighted by Gasteiger charge is -2.04. The molecule has 0 aliphatic carbocycles. The molecule has 0 saturated heterocycles. The van der Waals surface area contributed by atoms with Crippen molar-refractivity contribution in [3.05, 3.63) is 42.4 Å². The standard InChI is InChI=1S/C11H13N3O/c12-10-4-1-5-11(14-10)13-7-6-9-3-2-8-15-9/h1-5,8H,6-7H2,(H3,12,13,14). The number of nitrogens with one attached hydrogen (secondary N) is 1. The van der Waals surface area contributed by atoms with Crippen LogP contribution in [-0.2, 0) is 6.42 Å². The van der Waals surface area contributed by atoms with E-state index < -0.39 is 0 Å². The largest absolute Gasteiger partial charge is 0.469 e. The molecule has 2 heterocycles. The molecule has 2 aromatic rings. The van der Waals surface area contributed by atoms with Crippen molar-refractivity contribution >= 4 is 11.6 Å². The minimum Gasteiger partial charge on any atom is -0.469 e. The van der Waals surface area contributed by atoms with Crippen LogP contribution in [0.25, 0.3) is 0 Å². The van der Waals surface area contributed by atoms with Gasteiger partial charge in [-0.25, -0.2) is 4.98 Å². The van der Waals surface area contributed by atoms with Crippen molar-refractivity contribution in [2.45, 2.75) is 6.42 Å². The predicted octanol–water partition coefficient (Wildman–Crippen LogP) is 1.91. The maximum absolute atomic E-state index is 5.56. The molecule has 0 atom stereocenters. The maximum atomic E-state index is 5.56. The number of pyridine rings is 1. The van der Waals surface area contributed by atoms with E-state index in [1.54, 1.807) is 12.3 Å². The molecule has 0 amide bonds. The first-order valence-electron chi connectivity index (χ1n) is 4.83. The number of nitrogens with zero attached hydrogens (tertiary/aromatic N) is 1. The molecule has 2 rings (SSSR count). The Hall–Kier alpha value is -1.97. The zero-order valence-electron chi connectivity index (χ0n) is 8.31. The van der Waals surface area contributed by atoms with Gasteiger partial charge in [0.2, 0.25) is 0 Å². The first kappa shape index (κ1) is 9.58. The Morgan fingerprint density at radius 3 is 2.93 bits per heavy atom. The van der Waals surface area contributed by atoms with Crippen LogP contribution in [0, 0.1) is 0 Å². The van der Waals surface area contributed by atoms with Crippen molar-refractivity contribution in [2.24, 2.45) is 0 Å². The summed E-state index contributed by atoms with van der Waals surface area (Å²) in [5, 5.41) is 3.17. The summed E-state index contributed by atoms with van der Waals surface area (Å²) in [4.78, 5) is 4.13. The first-order valence-corrected chi connectivity index (χ1v) is 4.83. The summed E-state index contributed by atoms with van der Waals surface area (Å²) in [7, 11) is 0. The Morgan fingerprint density at radius 1 is 1.27 bits per heavy atom. The van der Waals surface area contributed by atoms with E-state index in [0.717, 1.165) is 24.5 Å². The smallest absolute Gasteiger partial charge is 0.128 e. The fraction of sp³-hybridized carbons (Fsp3) is 0.182. The first-order chi connectivity index (χ1) is 7.34. The Kier molecular flexibility index (Phi) is 2.88. The summed E-state index contributed by atoms with van der Waals surface area (Å²) in [6.45, 7) is 0.782. The molecule has 0 saturated carbocycles. The lowest BCUT2D eigenvalue weighted by molar-refractivity contribution is 0.513. The van der Waals surface area contributed by atoms with Gasteiger partial charge in [0.1, 0.15) is 17.4 Å². The van der Waals surface area contributed by atoms with Crippen molar-refractivity contribution in [1.29, 1.82) is 0 Å². The topological polar surface area (TPSA) is 64.1 Å². The quantitative estimate of drug-likeness (QED) is 0.796. The van der Waals surface area contributed by atoms with Gasteiger partial charge in [0, 0.05) is 13.0 Å². The monoisotopic (exact) mass is 203 g/mol. The van der Waals surface area contributed by atoms with E-state index in [1.165, 1.54) is 0 Å². The maximum Gasteiger partial charge on any atom is 0.128 e. The van der Waals surface area contributed by atoms with Crippen LogP contribution in [0.2, 0.25) is 0 Å². The van der Waals surface area contributed by atoms with Gasteiger partial charge in [-0.15, -0.1) is 0 Å². The highest BCUT2D eigenvalue weighted by Gasteiger charge is 1.96. The zero-order valence-corrected chi connectivity index (χ0v) is 8.31. The summed E-state index contributed by atoms with van der Waals surface area (Å²) in [5.74, 6) is 2.28. The Bertz CT molecular complexity index is 412. The minimum atomic E-state index is 0.526. The van der Waals surface area contributed by atoms with Crippen molar-refractivity contribution in [3.8, 4) is 0 Å². The average molecular weight is 203 g/mol. The third kappa shape index (κ3) is 2.74. The predicted molar refractivity (Wildman–Crippen MR) is 59.6 cm³/mol. The van der Waals surface area contributed by atoms with Gasteiger partial charge in [-0.3, -0.25) is 0 Å². The Balaban J connectivity index is 1.83. The van der Waals surface area contributed by atoms with Gasteiger partial charge in [-0.2, -0.15) is 0 Å². The van der Waals surface area contributed by atoms with E-state index in [-0.39, 0.29) is 0 Å². The summed E-state index contributed by atoms with van der Waals surface area (Å²) in [6, 6.07) is 9.36. The number of rotatable bonds is 4. The molecule has 0 radical (unpaired) electrons. The minimum absolute atomic E-state index is 0.526. The van der Waals surface area contributed by atoms with Gasteiger partial charge >= 0.3 is 0 Å². The lowest BCUT2D eigenvalue weighted by atomic mass is 10.3. The van der Waals surface area contributed by atoms with E-state index >= 15 is 0 Å². The van der Waals surface area contributed by atoms with Gasteiger partial charge in [0.25, 0.3) is 0 Å². The van der Waals surface area contributed by atoms with Gasteiger partial charge in [-0.05, 0) is 24.3 Å². The fourth-order valence-corrected chi connectivity index (χ4v) is 1.32. The highest BCUT2D eigenvalue weighted by atomic mass is 16.3. The van der Waals surface area contributed by atoms with Gasteiger partial charge < -0.3 is 15.5 Å². The molecule has 0 spiro atoms. The molecule has 0 bridgehead atoms. The molecule has 0 fully saturated rings. The number of nitrogens with two attached hydrogens (primary N) is 1. The highest BCUT2D eigenvalue weighted by Crippen LogP contribution is 2.06. The van der Waals surface area contributed by atoms with E-state index in [1.807, 2.05) is 24.3 Å². The van der Waals surface area contributed by atoms with Crippen molar-refractivity contribution < 1.29 is 4.42 Å². The molecular formula is C11H13N3O. The van der Waals surface area contributed by atoms with Crippen LogP contribution in [0.1, 0.15) is 5.76 Å². The second-order valence-corrected chi connectivity index (χ2v) is 3.20. The number of hydrogen-bond donors (Lipinski definition) is 2. The molecular weight excluding hydrogens is 190 g/mol. The summed E-state index contributed by atoms with van der Waals surface area (Å²) >= 11 is 0. The molecule has 3 N–H and O–H groups in total. The van der Waals surface area contributed by atoms with E-state index in [4.69, 9.17) is 10.2 Å². The number of anilines is 2. The van der Waals surface area contributed by atoms with Crippen LogP contribution >= 0.6 is 0 Å². The van der Waals surface area contributed by atoms with Crippen LogP contribution in [0.5, 0.6) is 0 Å². The Morgan fingerprint density at radius 2 is 2.20 bits per heavy atom. The molecule has 0 aromatic carbocycles. The fourth-order valence-electron chi connectivity index (χ4n) is 1.32. The van der Waals surface area contributed by atoms with Crippen LogP contribution < -0.4 is 11.1 Å². The van der Waals surface area contributed by atoms with E-state index in [9.17, 15) is 0 Å². The normalized spacial score (nSPS) is 10.1. The van der Waals surface area contributed by atoms with E-state index in [0.29, 0.717) is 5.82 Å². The third-order valence-corrected chi connectivity index (χ3v) is 2.03. The lowest BCUT2D eigenvalue weighted by Crippen LogP contribution is -2.06. The van der Waals surface area contributed by atoms with Crippen LogP contribution in [0.4, 0.5) is 11.6 Å². The molecule has 0 aliphatic rings. The molecule has 78 valence electrons. The summed E-state index contributed by atoms with van der Waals surface area (Å²) in [5.41, 5.74) is 5.56. The summed E-state index contributed by atoms with van der Waals surface area (Å²) in [6.07, 6.45) is 2.51. The molecule has 4 nitrogen and oxygen atoms in total. The number of furan rings is 1. The number of hydrogen-bond acceptors (Lipinski definition) is 4. The van der Waals surface area contributed by atoms with Crippen LogP contribution in [0.3, 0.4) is 0 Å². The van der Waals surface area contributed by atoms with Crippen molar-refractivity contribution in [2.75, 3.05) is 17.6 Å².